The second-order valence-electron chi connectivity index (χ2n) is 11.1. The summed E-state index contributed by atoms with van der Waals surface area (Å²) in [6.45, 7) is 19.8. The number of benzene rings is 1. The highest BCUT2D eigenvalue weighted by Crippen LogP contribution is 2.06. The van der Waals surface area contributed by atoms with Crippen molar-refractivity contribution in [3.8, 4) is 0 Å². The standard InChI is InChI=1S/C10H14.C8H13N.2C7H12N2/c1-9(2)8-10-6-4-3-5-7-10;1-8(2)7-9-5-3-4-6-9;1-6(2)5-7-8-3-4-9-7;1-7(2)6-9-5-3-4-8-9/h3-7,9H,8H2,1-2H3;3-6,8H,7H2,1-2H3;3-4,6H,5H2,1-2H3,(H,8,9);3-5,7H,6H2,1-2H3. The molecule has 0 atom stereocenters. The minimum Gasteiger partial charge on any atom is -0.354 e. The minimum absolute atomic E-state index is 0.685. The predicted molar refractivity (Wildman–Crippen MR) is 158 cm³/mol. The van der Waals surface area contributed by atoms with Crippen molar-refractivity contribution in [2.24, 2.45) is 23.7 Å². The first-order valence-corrected chi connectivity index (χ1v) is 13.8. The Labute approximate surface area is 226 Å². The molecule has 0 aliphatic rings. The molecule has 5 heteroatoms. The Morgan fingerprint density at radius 3 is 1.73 bits per heavy atom. The number of aromatic nitrogens is 5. The van der Waals surface area contributed by atoms with E-state index in [1.807, 2.05) is 29.3 Å². The average Bonchev–Trinajstić information content (AvgIpc) is 3.59. The monoisotopic (exact) mass is 505 g/mol. The molecule has 4 aromatic rings. The van der Waals surface area contributed by atoms with Gasteiger partial charge < -0.3 is 9.55 Å². The van der Waals surface area contributed by atoms with Crippen molar-refractivity contribution in [1.82, 2.24) is 24.3 Å². The van der Waals surface area contributed by atoms with Crippen LogP contribution in [0, 0.1) is 23.7 Å². The predicted octanol–water partition coefficient (Wildman–Crippen LogP) is 8.18. The summed E-state index contributed by atoms with van der Waals surface area (Å²) in [4.78, 5) is 7.16. The van der Waals surface area contributed by atoms with Crippen LogP contribution < -0.4 is 0 Å². The average molecular weight is 506 g/mol. The third-order valence-corrected chi connectivity index (χ3v) is 5.00. The molecule has 0 aliphatic heterocycles. The zero-order valence-electron chi connectivity index (χ0n) is 24.5. The van der Waals surface area contributed by atoms with Gasteiger partial charge in [0.2, 0.25) is 0 Å². The molecule has 4 rings (SSSR count). The Morgan fingerprint density at radius 1 is 0.649 bits per heavy atom. The van der Waals surface area contributed by atoms with Gasteiger partial charge in [-0.15, -0.1) is 0 Å². The zero-order valence-corrected chi connectivity index (χ0v) is 24.5. The van der Waals surface area contributed by atoms with Gasteiger partial charge >= 0.3 is 0 Å². The van der Waals surface area contributed by atoms with Crippen LogP contribution in [0.1, 0.15) is 66.8 Å². The smallest absolute Gasteiger partial charge is 0.106 e. The van der Waals surface area contributed by atoms with E-state index in [2.05, 4.69) is 130 Å². The van der Waals surface area contributed by atoms with Gasteiger partial charge in [0.1, 0.15) is 5.82 Å². The number of rotatable bonds is 8. The van der Waals surface area contributed by atoms with E-state index in [9.17, 15) is 0 Å². The highest BCUT2D eigenvalue weighted by molar-refractivity contribution is 5.14. The molecule has 3 heterocycles. The van der Waals surface area contributed by atoms with Gasteiger partial charge in [0, 0.05) is 56.7 Å². The maximum atomic E-state index is 4.10. The summed E-state index contributed by atoms with van der Waals surface area (Å²) in [5, 5.41) is 4.07. The summed E-state index contributed by atoms with van der Waals surface area (Å²) in [7, 11) is 0. The minimum atomic E-state index is 0.685. The van der Waals surface area contributed by atoms with Crippen LogP contribution in [-0.4, -0.2) is 24.3 Å². The fourth-order valence-electron chi connectivity index (χ4n) is 3.58. The van der Waals surface area contributed by atoms with E-state index in [0.717, 1.165) is 37.2 Å². The second-order valence-corrected chi connectivity index (χ2v) is 11.1. The van der Waals surface area contributed by atoms with E-state index < -0.39 is 0 Å². The molecule has 1 aromatic carbocycles. The highest BCUT2D eigenvalue weighted by Gasteiger charge is 1.97. The first-order valence-electron chi connectivity index (χ1n) is 13.8. The fraction of sp³-hybridized carbons (Fsp3) is 0.500. The second kappa shape index (κ2) is 19.1. The summed E-state index contributed by atoms with van der Waals surface area (Å²) < 4.78 is 4.15. The van der Waals surface area contributed by atoms with Gasteiger partial charge in [-0.1, -0.05) is 85.7 Å². The van der Waals surface area contributed by atoms with E-state index >= 15 is 0 Å². The van der Waals surface area contributed by atoms with E-state index in [0.29, 0.717) is 11.8 Å². The van der Waals surface area contributed by atoms with Gasteiger partial charge in [-0.05, 0) is 53.9 Å². The lowest BCUT2D eigenvalue weighted by atomic mass is 10.0. The van der Waals surface area contributed by atoms with Gasteiger partial charge in [0.05, 0.1) is 0 Å². The van der Waals surface area contributed by atoms with E-state index in [1.165, 1.54) is 12.0 Å². The number of H-pyrrole nitrogens is 1. The van der Waals surface area contributed by atoms with Crippen molar-refractivity contribution >= 4 is 0 Å². The Morgan fingerprint density at radius 2 is 1.27 bits per heavy atom. The molecule has 0 saturated carbocycles. The number of imidazole rings is 1. The van der Waals surface area contributed by atoms with Crippen LogP contribution in [0.5, 0.6) is 0 Å². The number of aromatic amines is 1. The van der Waals surface area contributed by atoms with Crippen molar-refractivity contribution in [2.75, 3.05) is 0 Å². The van der Waals surface area contributed by atoms with Crippen LogP contribution in [0.2, 0.25) is 0 Å². The molecule has 3 aromatic heterocycles. The van der Waals surface area contributed by atoms with Crippen molar-refractivity contribution in [3.05, 3.63) is 97.1 Å². The van der Waals surface area contributed by atoms with Gasteiger partial charge in [-0.3, -0.25) is 4.68 Å². The molecule has 0 amide bonds. The lowest BCUT2D eigenvalue weighted by Gasteiger charge is -2.04. The van der Waals surface area contributed by atoms with Crippen LogP contribution in [0.3, 0.4) is 0 Å². The van der Waals surface area contributed by atoms with Crippen molar-refractivity contribution in [1.29, 1.82) is 0 Å². The number of nitrogens with one attached hydrogen (secondary N) is 1. The summed E-state index contributed by atoms with van der Waals surface area (Å²) in [6, 6.07) is 16.7. The van der Waals surface area contributed by atoms with Crippen LogP contribution in [0.15, 0.2) is 85.7 Å². The molecule has 1 N–H and O–H groups in total. The molecular weight excluding hydrogens is 454 g/mol. The molecular formula is C32H51N5. The topological polar surface area (TPSA) is 51.4 Å². The molecule has 0 saturated heterocycles. The Hall–Kier alpha value is -3.08. The van der Waals surface area contributed by atoms with Gasteiger partial charge in [-0.2, -0.15) is 5.10 Å². The van der Waals surface area contributed by atoms with Crippen LogP contribution in [-0.2, 0) is 25.9 Å². The summed E-state index contributed by atoms with van der Waals surface area (Å²) in [5.74, 6) is 3.98. The summed E-state index contributed by atoms with van der Waals surface area (Å²) >= 11 is 0. The maximum Gasteiger partial charge on any atom is 0.106 e. The molecule has 204 valence electrons. The van der Waals surface area contributed by atoms with Gasteiger partial charge in [-0.25, -0.2) is 4.98 Å². The molecule has 0 fully saturated rings. The SMILES string of the molecule is CC(C)Cc1ccccc1.CC(C)Cc1ncc[nH]1.CC(C)Cn1cccc1.CC(C)Cn1cccn1. The molecule has 0 bridgehead atoms. The summed E-state index contributed by atoms with van der Waals surface area (Å²) in [5.41, 5.74) is 1.44. The third-order valence-electron chi connectivity index (χ3n) is 5.00. The number of hydrogen-bond donors (Lipinski definition) is 1. The number of hydrogen-bond acceptors (Lipinski definition) is 2. The van der Waals surface area contributed by atoms with Gasteiger partial charge in [0.15, 0.2) is 0 Å². The van der Waals surface area contributed by atoms with Crippen LogP contribution in [0.25, 0.3) is 0 Å². The third kappa shape index (κ3) is 17.9. The van der Waals surface area contributed by atoms with Crippen molar-refractivity contribution in [3.63, 3.8) is 0 Å². The normalized spacial score (nSPS) is 10.5. The molecule has 0 radical (unpaired) electrons. The highest BCUT2D eigenvalue weighted by atomic mass is 15.3. The van der Waals surface area contributed by atoms with E-state index in [1.54, 1.807) is 6.20 Å². The molecule has 0 aliphatic carbocycles. The van der Waals surface area contributed by atoms with Crippen molar-refractivity contribution < 1.29 is 0 Å². The van der Waals surface area contributed by atoms with Gasteiger partial charge in [0.25, 0.3) is 0 Å². The Kier molecular flexibility index (Phi) is 16.5. The first-order chi connectivity index (χ1) is 17.7. The number of nitrogens with zero attached hydrogens (tertiary/aromatic N) is 4. The van der Waals surface area contributed by atoms with Crippen LogP contribution in [0.4, 0.5) is 0 Å². The molecule has 0 unspecified atom stereocenters. The lowest BCUT2D eigenvalue weighted by Crippen LogP contribution is -2.03. The quantitative estimate of drug-likeness (QED) is 0.262. The first kappa shape index (κ1) is 31.9. The Bertz CT molecular complexity index is 872. The van der Waals surface area contributed by atoms with Crippen molar-refractivity contribution in [2.45, 2.75) is 81.3 Å². The Balaban J connectivity index is 0.000000247. The van der Waals surface area contributed by atoms with E-state index in [-0.39, 0.29) is 0 Å². The zero-order chi connectivity index (χ0) is 27.5. The molecule has 0 spiro atoms. The maximum absolute atomic E-state index is 4.10. The largest absolute Gasteiger partial charge is 0.354 e. The fourth-order valence-corrected chi connectivity index (χ4v) is 3.58. The lowest BCUT2D eigenvalue weighted by molar-refractivity contribution is 0.483. The van der Waals surface area contributed by atoms with E-state index in [4.69, 9.17) is 0 Å². The van der Waals surface area contributed by atoms with Crippen LogP contribution >= 0.6 is 0 Å². The summed E-state index contributed by atoms with van der Waals surface area (Å²) in [6.07, 6.45) is 13.9. The molecule has 37 heavy (non-hydrogen) atoms. The molecule has 5 nitrogen and oxygen atoms in total.